The Bertz CT molecular complexity index is 1370. The lowest BCUT2D eigenvalue weighted by Crippen LogP contribution is -2.36. The van der Waals surface area contributed by atoms with Crippen LogP contribution in [0.15, 0.2) is 30.7 Å². The predicted molar refractivity (Wildman–Crippen MR) is 146 cm³/mol. The first-order valence-electron chi connectivity index (χ1n) is 13.2. The van der Waals surface area contributed by atoms with E-state index in [4.69, 9.17) is 10.7 Å². The second-order valence-electron chi connectivity index (χ2n) is 10.5. The van der Waals surface area contributed by atoms with Crippen molar-refractivity contribution in [3.63, 3.8) is 0 Å². The maximum Gasteiger partial charge on any atom is 0.419 e. The summed E-state index contributed by atoms with van der Waals surface area (Å²) >= 11 is 0. The molecule has 1 aliphatic heterocycles. The minimum Gasteiger partial charge on any atom is -0.477 e. The van der Waals surface area contributed by atoms with Gasteiger partial charge in [0, 0.05) is 56.9 Å². The summed E-state index contributed by atoms with van der Waals surface area (Å²) in [5, 5.41) is 9.61. The zero-order valence-electron chi connectivity index (χ0n) is 23.2. The van der Waals surface area contributed by atoms with Gasteiger partial charge in [0.05, 0.1) is 11.3 Å². The van der Waals surface area contributed by atoms with E-state index in [9.17, 15) is 27.5 Å². The number of rotatable bonds is 10. The first kappa shape index (κ1) is 30.2. The molecule has 0 atom stereocenters. The molecule has 1 aromatic carbocycles. The largest absolute Gasteiger partial charge is 0.477 e. The third kappa shape index (κ3) is 7.11. The van der Waals surface area contributed by atoms with E-state index < -0.39 is 23.5 Å². The van der Waals surface area contributed by atoms with E-state index in [0.717, 1.165) is 31.0 Å². The quantitative estimate of drug-likeness (QED) is 0.348. The summed E-state index contributed by atoms with van der Waals surface area (Å²) < 4.78 is 56.1. The van der Waals surface area contributed by atoms with Gasteiger partial charge in [0.1, 0.15) is 35.2 Å². The van der Waals surface area contributed by atoms with Crippen molar-refractivity contribution < 1.29 is 27.5 Å². The summed E-state index contributed by atoms with van der Waals surface area (Å²) in [5.74, 6) is -1.72. The molecule has 0 saturated carbocycles. The van der Waals surface area contributed by atoms with Crippen LogP contribution in [-0.4, -0.2) is 94.3 Å². The number of anilines is 2. The molecule has 222 valence electrons. The van der Waals surface area contributed by atoms with Gasteiger partial charge in [-0.1, -0.05) is 0 Å². The molecule has 3 N–H and O–H groups in total. The van der Waals surface area contributed by atoms with Crippen LogP contribution in [-0.2, 0) is 12.7 Å². The van der Waals surface area contributed by atoms with Crippen molar-refractivity contribution >= 4 is 17.6 Å². The van der Waals surface area contributed by atoms with Crippen LogP contribution < -0.4 is 10.6 Å². The van der Waals surface area contributed by atoms with Gasteiger partial charge in [-0.15, -0.1) is 0 Å². The number of aromatic nitrogens is 4. The number of carboxylic acid groups (broad SMARTS) is 1. The average Bonchev–Trinajstić information content (AvgIpc) is 3.34. The van der Waals surface area contributed by atoms with Crippen molar-refractivity contribution in [1.29, 1.82) is 0 Å². The number of hydrogen-bond donors (Lipinski definition) is 2. The van der Waals surface area contributed by atoms with Crippen LogP contribution in [0.4, 0.5) is 29.2 Å². The fraction of sp³-hybridized carbons (Fsp3) is 0.481. The highest BCUT2D eigenvalue weighted by atomic mass is 19.4. The Balaban J connectivity index is 1.60. The van der Waals surface area contributed by atoms with Gasteiger partial charge in [0.25, 0.3) is 0 Å². The number of nitrogens with zero attached hydrogens (tertiary/aromatic N) is 7. The van der Waals surface area contributed by atoms with Crippen molar-refractivity contribution in [3.8, 4) is 11.3 Å². The van der Waals surface area contributed by atoms with Gasteiger partial charge in [0.2, 0.25) is 0 Å². The van der Waals surface area contributed by atoms with Crippen LogP contribution in [0.25, 0.3) is 11.3 Å². The molecule has 0 radical (unpaired) electrons. The number of hydrogen-bond acceptors (Lipinski definition) is 8. The lowest BCUT2D eigenvalue weighted by atomic mass is 9.95. The van der Waals surface area contributed by atoms with Crippen LogP contribution in [0.5, 0.6) is 0 Å². The molecule has 1 fully saturated rings. The molecule has 14 heteroatoms. The monoisotopic (exact) mass is 578 g/mol. The summed E-state index contributed by atoms with van der Waals surface area (Å²) in [7, 11) is 5.99. The topological polar surface area (TPSA) is 117 Å². The van der Waals surface area contributed by atoms with Crippen LogP contribution >= 0.6 is 0 Å². The van der Waals surface area contributed by atoms with E-state index in [-0.39, 0.29) is 28.7 Å². The lowest BCUT2D eigenvalue weighted by Gasteiger charge is -2.33. The Kier molecular flexibility index (Phi) is 9.12. The maximum atomic E-state index is 14.0. The van der Waals surface area contributed by atoms with Crippen molar-refractivity contribution in [2.45, 2.75) is 31.5 Å². The molecule has 3 heterocycles. The molecule has 0 amide bonds. The molecule has 0 spiro atoms. The lowest BCUT2D eigenvalue weighted by molar-refractivity contribution is -0.139. The smallest absolute Gasteiger partial charge is 0.419 e. The molecule has 0 unspecified atom stereocenters. The Morgan fingerprint density at radius 1 is 1.12 bits per heavy atom. The molecule has 4 rings (SSSR count). The van der Waals surface area contributed by atoms with Gasteiger partial charge in [0.15, 0.2) is 0 Å². The van der Waals surface area contributed by atoms with Crippen LogP contribution in [0.3, 0.4) is 0 Å². The first-order chi connectivity index (χ1) is 19.3. The van der Waals surface area contributed by atoms with Crippen molar-refractivity contribution in [3.05, 3.63) is 53.5 Å². The second-order valence-corrected chi connectivity index (χ2v) is 10.5. The molecule has 1 saturated heterocycles. The molecule has 1 aliphatic rings. The van der Waals surface area contributed by atoms with E-state index in [0.29, 0.717) is 44.7 Å². The average molecular weight is 579 g/mol. The van der Waals surface area contributed by atoms with Crippen LogP contribution in [0.2, 0.25) is 0 Å². The normalized spacial score (nSPS) is 14.8. The number of nitrogen functional groups attached to an aromatic ring is 1. The summed E-state index contributed by atoms with van der Waals surface area (Å²) in [5.41, 5.74) is 4.83. The standard InChI is InChI=1S/C27H34F4N8O2/c1-36(2)10-11-37(3)12-13-39-15-21(18-4-5-20(28)19(14-18)27(29,30)31)35-24(39)17-6-8-38(9-7-17)25-22(26(40)41)23(32)33-16-34-25/h4-5,14-17H,6-13H2,1-3H3,(H,40,41)(H2,32,33,34). The highest BCUT2D eigenvalue weighted by molar-refractivity contribution is 5.98. The molecular weight excluding hydrogens is 544 g/mol. The number of carbonyl (C=O) groups is 1. The molecule has 2 aromatic heterocycles. The van der Waals surface area contributed by atoms with Gasteiger partial charge in [-0.3, -0.25) is 0 Å². The minimum atomic E-state index is -4.83. The molecule has 3 aromatic rings. The number of halogens is 4. The van der Waals surface area contributed by atoms with Crippen molar-refractivity contribution in [2.24, 2.45) is 0 Å². The maximum absolute atomic E-state index is 14.0. The summed E-state index contributed by atoms with van der Waals surface area (Å²) in [6.45, 7) is 3.91. The number of alkyl halides is 3. The van der Waals surface area contributed by atoms with E-state index in [1.165, 1.54) is 12.4 Å². The number of carboxylic acids is 1. The molecule has 0 bridgehead atoms. The molecule has 10 nitrogen and oxygen atoms in total. The van der Waals surface area contributed by atoms with Crippen LogP contribution in [0, 0.1) is 5.82 Å². The minimum absolute atomic E-state index is 0.0397. The van der Waals surface area contributed by atoms with Gasteiger partial charge in [-0.05, 0) is 52.2 Å². The molecule has 41 heavy (non-hydrogen) atoms. The van der Waals surface area contributed by atoms with E-state index >= 15 is 0 Å². The Labute approximate surface area is 235 Å². The third-order valence-corrected chi connectivity index (χ3v) is 7.26. The predicted octanol–water partition coefficient (Wildman–Crippen LogP) is 3.66. The summed E-state index contributed by atoms with van der Waals surface area (Å²) in [6.07, 6.45) is -0.664. The molecule has 0 aliphatic carbocycles. The fourth-order valence-electron chi connectivity index (χ4n) is 4.92. The van der Waals surface area contributed by atoms with E-state index in [1.54, 1.807) is 6.20 Å². The number of nitrogens with two attached hydrogens (primary N) is 1. The van der Waals surface area contributed by atoms with E-state index in [2.05, 4.69) is 19.8 Å². The SMILES string of the molecule is CN(C)CCN(C)CCn1cc(-c2ccc(F)c(C(F)(F)F)c2)nc1C1CCN(c2ncnc(N)c2C(=O)O)CC1. The number of likely N-dealkylation sites (N-methyl/N-ethyl adjacent to an activating group) is 2. The Hall–Kier alpha value is -3.78. The number of imidazole rings is 1. The second kappa shape index (κ2) is 12.4. The van der Waals surface area contributed by atoms with Gasteiger partial charge >= 0.3 is 12.1 Å². The van der Waals surface area contributed by atoms with Gasteiger partial charge < -0.3 is 30.1 Å². The number of benzene rings is 1. The number of aromatic carboxylic acids is 1. The zero-order chi connectivity index (χ0) is 29.9. The Morgan fingerprint density at radius 3 is 2.46 bits per heavy atom. The fourth-order valence-corrected chi connectivity index (χ4v) is 4.92. The van der Waals surface area contributed by atoms with Gasteiger partial charge in [-0.25, -0.2) is 24.1 Å². The highest BCUT2D eigenvalue weighted by Crippen LogP contribution is 2.36. The van der Waals surface area contributed by atoms with Crippen molar-refractivity contribution in [2.75, 3.05) is 64.5 Å². The third-order valence-electron chi connectivity index (χ3n) is 7.26. The summed E-state index contributed by atoms with van der Waals surface area (Å²) in [4.78, 5) is 30.6. The molecular formula is C27H34F4N8O2. The zero-order valence-corrected chi connectivity index (χ0v) is 23.2. The highest BCUT2D eigenvalue weighted by Gasteiger charge is 2.35. The Morgan fingerprint density at radius 2 is 1.83 bits per heavy atom. The van der Waals surface area contributed by atoms with Crippen molar-refractivity contribution in [1.82, 2.24) is 29.3 Å². The number of piperidine rings is 1. The summed E-state index contributed by atoms with van der Waals surface area (Å²) in [6, 6.07) is 2.92. The van der Waals surface area contributed by atoms with Crippen LogP contribution in [0.1, 0.15) is 40.5 Å². The van der Waals surface area contributed by atoms with E-state index in [1.807, 2.05) is 30.6 Å². The van der Waals surface area contributed by atoms with Gasteiger partial charge in [-0.2, -0.15) is 13.2 Å². The first-order valence-corrected chi connectivity index (χ1v) is 13.2.